The smallest absolute Gasteiger partial charge is 0.165 e. The van der Waals surface area contributed by atoms with Crippen molar-refractivity contribution in [3.8, 4) is 11.5 Å². The molecule has 0 bridgehead atoms. The minimum atomic E-state index is 0.623. The van der Waals surface area contributed by atoms with Crippen molar-refractivity contribution in [1.29, 1.82) is 0 Å². The first-order valence-electron chi connectivity index (χ1n) is 6.91. The number of rotatable bonds is 5. The van der Waals surface area contributed by atoms with Crippen LogP contribution in [0.3, 0.4) is 0 Å². The lowest BCUT2D eigenvalue weighted by Crippen LogP contribution is -2.20. The average Bonchev–Trinajstić information content (AvgIpc) is 2.53. The Morgan fingerprint density at radius 3 is 2.90 bits per heavy atom. The Hall–Kier alpha value is -2.07. The van der Waals surface area contributed by atoms with Gasteiger partial charge < -0.3 is 14.8 Å². The van der Waals surface area contributed by atoms with Crippen molar-refractivity contribution in [3.05, 3.63) is 53.9 Å². The van der Waals surface area contributed by atoms with Crippen LogP contribution in [0.2, 0.25) is 0 Å². The Morgan fingerprint density at radius 1 is 1.05 bits per heavy atom. The van der Waals surface area contributed by atoms with E-state index >= 15 is 0 Å². The summed E-state index contributed by atoms with van der Waals surface area (Å²) in [5.41, 5.74) is 2.25. The lowest BCUT2D eigenvalue weighted by molar-refractivity contribution is 0.169. The number of aromatic nitrogens is 1. The van der Waals surface area contributed by atoms with Gasteiger partial charge >= 0.3 is 0 Å². The maximum absolute atomic E-state index is 5.69. The van der Waals surface area contributed by atoms with Crippen LogP contribution in [0.1, 0.15) is 11.3 Å². The summed E-state index contributed by atoms with van der Waals surface area (Å²) in [5, 5.41) is 3.42. The number of hydrogen-bond donors (Lipinski definition) is 1. The van der Waals surface area contributed by atoms with E-state index in [4.69, 9.17) is 9.47 Å². The molecule has 1 aromatic heterocycles. The van der Waals surface area contributed by atoms with Crippen molar-refractivity contribution in [2.24, 2.45) is 0 Å². The van der Waals surface area contributed by atoms with Crippen LogP contribution >= 0.6 is 0 Å². The fourth-order valence-corrected chi connectivity index (χ4v) is 2.26. The zero-order valence-electron chi connectivity index (χ0n) is 11.3. The van der Waals surface area contributed by atoms with Gasteiger partial charge in [0.15, 0.2) is 11.5 Å². The summed E-state index contributed by atoms with van der Waals surface area (Å²) >= 11 is 0. The molecule has 0 atom stereocenters. The number of para-hydroxylation sites is 1. The van der Waals surface area contributed by atoms with E-state index in [-0.39, 0.29) is 0 Å². The minimum absolute atomic E-state index is 0.623. The van der Waals surface area contributed by atoms with Crippen molar-refractivity contribution in [2.45, 2.75) is 13.0 Å². The zero-order chi connectivity index (χ0) is 13.6. The molecule has 0 radical (unpaired) electrons. The molecule has 3 rings (SSSR count). The predicted molar refractivity (Wildman–Crippen MR) is 77.1 cm³/mol. The lowest BCUT2D eigenvalue weighted by Gasteiger charge is -2.21. The van der Waals surface area contributed by atoms with E-state index in [9.17, 15) is 0 Å². The van der Waals surface area contributed by atoms with Gasteiger partial charge in [-0.15, -0.1) is 0 Å². The second-order valence-electron chi connectivity index (χ2n) is 4.69. The van der Waals surface area contributed by atoms with Crippen LogP contribution in [0, 0.1) is 0 Å². The molecule has 0 amide bonds. The topological polar surface area (TPSA) is 43.4 Å². The summed E-state index contributed by atoms with van der Waals surface area (Å²) in [6.45, 7) is 2.92. The Bertz CT molecular complexity index is 558. The molecule has 104 valence electrons. The van der Waals surface area contributed by atoms with E-state index < -0.39 is 0 Å². The summed E-state index contributed by atoms with van der Waals surface area (Å²) < 4.78 is 11.3. The molecule has 20 heavy (non-hydrogen) atoms. The Labute approximate surface area is 118 Å². The molecule has 1 aliphatic heterocycles. The van der Waals surface area contributed by atoms with Crippen molar-refractivity contribution in [1.82, 2.24) is 10.3 Å². The third-order valence-corrected chi connectivity index (χ3v) is 3.25. The van der Waals surface area contributed by atoms with E-state index in [0.29, 0.717) is 13.2 Å². The zero-order valence-corrected chi connectivity index (χ0v) is 11.3. The number of ether oxygens (including phenoxy) is 2. The van der Waals surface area contributed by atoms with Crippen molar-refractivity contribution in [3.63, 3.8) is 0 Å². The van der Waals surface area contributed by atoms with Gasteiger partial charge in [-0.05, 0) is 18.2 Å². The Morgan fingerprint density at radius 2 is 2.00 bits per heavy atom. The third kappa shape index (κ3) is 3.08. The number of nitrogens with zero attached hydrogens (tertiary/aromatic N) is 1. The molecule has 1 aromatic carbocycles. The highest BCUT2D eigenvalue weighted by molar-refractivity contribution is 5.47. The van der Waals surface area contributed by atoms with Crippen LogP contribution < -0.4 is 14.8 Å². The van der Waals surface area contributed by atoms with E-state index in [1.165, 1.54) is 0 Å². The second-order valence-corrected chi connectivity index (χ2v) is 4.69. The summed E-state index contributed by atoms with van der Waals surface area (Å²) in [4.78, 5) is 4.31. The lowest BCUT2D eigenvalue weighted by atomic mass is 10.1. The highest BCUT2D eigenvalue weighted by Crippen LogP contribution is 2.33. The maximum Gasteiger partial charge on any atom is 0.165 e. The Balaban J connectivity index is 1.54. The van der Waals surface area contributed by atoms with Gasteiger partial charge in [0.1, 0.15) is 13.2 Å². The van der Waals surface area contributed by atoms with Gasteiger partial charge in [0.25, 0.3) is 0 Å². The predicted octanol–water partition coefficient (Wildman–Crippen LogP) is 2.19. The van der Waals surface area contributed by atoms with Gasteiger partial charge in [-0.3, -0.25) is 4.98 Å². The van der Waals surface area contributed by atoms with Crippen LogP contribution in [-0.4, -0.2) is 24.7 Å². The quantitative estimate of drug-likeness (QED) is 0.846. The molecule has 0 spiro atoms. The summed E-state index contributed by atoms with van der Waals surface area (Å²) in [6, 6.07) is 12.0. The van der Waals surface area contributed by atoms with Crippen LogP contribution in [0.15, 0.2) is 42.6 Å². The van der Waals surface area contributed by atoms with Crippen LogP contribution in [0.25, 0.3) is 0 Å². The molecule has 0 unspecified atom stereocenters. The van der Waals surface area contributed by atoms with E-state index in [0.717, 1.165) is 42.3 Å². The fraction of sp³-hybridized carbons (Fsp3) is 0.312. The molecule has 0 fully saturated rings. The molecule has 1 aliphatic rings. The highest BCUT2D eigenvalue weighted by atomic mass is 16.6. The monoisotopic (exact) mass is 270 g/mol. The third-order valence-electron chi connectivity index (χ3n) is 3.25. The first kappa shape index (κ1) is 12.9. The standard InChI is InChI=1S/C16H18N2O2/c1-2-8-18-14(5-1)7-9-17-12-13-4-3-6-15-16(13)20-11-10-19-15/h1-6,8,17H,7,9-12H2. The van der Waals surface area contributed by atoms with Gasteiger partial charge in [-0.1, -0.05) is 18.2 Å². The molecule has 0 saturated carbocycles. The SMILES string of the molecule is c1ccc(CCNCc2cccc3c2OCCO3)nc1. The number of hydrogen-bond acceptors (Lipinski definition) is 4. The highest BCUT2D eigenvalue weighted by Gasteiger charge is 2.14. The molecule has 0 aliphatic carbocycles. The van der Waals surface area contributed by atoms with Crippen LogP contribution in [0.5, 0.6) is 11.5 Å². The van der Waals surface area contributed by atoms with Gasteiger partial charge in [0.2, 0.25) is 0 Å². The van der Waals surface area contributed by atoms with Gasteiger partial charge in [0.05, 0.1) is 0 Å². The van der Waals surface area contributed by atoms with Crippen molar-refractivity contribution < 1.29 is 9.47 Å². The number of nitrogens with one attached hydrogen (secondary N) is 1. The maximum atomic E-state index is 5.69. The molecule has 2 aromatic rings. The molecule has 1 N–H and O–H groups in total. The van der Waals surface area contributed by atoms with E-state index in [1.807, 2.05) is 36.5 Å². The van der Waals surface area contributed by atoms with Gasteiger partial charge in [-0.2, -0.15) is 0 Å². The largest absolute Gasteiger partial charge is 0.486 e. The van der Waals surface area contributed by atoms with Crippen LogP contribution in [0.4, 0.5) is 0 Å². The summed E-state index contributed by atoms with van der Waals surface area (Å²) in [5.74, 6) is 1.73. The fourth-order valence-electron chi connectivity index (χ4n) is 2.26. The molecular formula is C16H18N2O2. The summed E-state index contributed by atoms with van der Waals surface area (Å²) in [7, 11) is 0. The Kier molecular flexibility index (Phi) is 4.13. The number of benzene rings is 1. The normalized spacial score (nSPS) is 13.2. The molecule has 4 nitrogen and oxygen atoms in total. The number of pyridine rings is 1. The van der Waals surface area contributed by atoms with Gasteiger partial charge in [-0.25, -0.2) is 0 Å². The molecular weight excluding hydrogens is 252 g/mol. The van der Waals surface area contributed by atoms with E-state index in [2.05, 4.69) is 16.4 Å². The second kappa shape index (κ2) is 6.39. The van der Waals surface area contributed by atoms with Gasteiger partial charge in [0, 0.05) is 37.0 Å². The first-order valence-corrected chi connectivity index (χ1v) is 6.91. The van der Waals surface area contributed by atoms with Crippen molar-refractivity contribution >= 4 is 0 Å². The number of fused-ring (bicyclic) bond motifs is 1. The van der Waals surface area contributed by atoms with Crippen LogP contribution in [-0.2, 0) is 13.0 Å². The minimum Gasteiger partial charge on any atom is -0.486 e. The molecule has 2 heterocycles. The average molecular weight is 270 g/mol. The molecule has 4 heteroatoms. The summed E-state index contributed by atoms with van der Waals surface area (Å²) in [6.07, 6.45) is 2.75. The van der Waals surface area contributed by atoms with E-state index in [1.54, 1.807) is 0 Å². The molecule has 0 saturated heterocycles. The first-order chi connectivity index (χ1) is 9.93. The van der Waals surface area contributed by atoms with Crippen molar-refractivity contribution in [2.75, 3.05) is 19.8 Å².